The van der Waals surface area contributed by atoms with Gasteiger partial charge in [0.25, 0.3) is 0 Å². The summed E-state index contributed by atoms with van der Waals surface area (Å²) in [5, 5.41) is 2.91. The van der Waals surface area contributed by atoms with E-state index in [-0.39, 0.29) is 12.4 Å². The van der Waals surface area contributed by atoms with E-state index in [1.165, 1.54) is 6.92 Å². The number of carbonyl (C=O) groups excluding carboxylic acids is 1. The minimum absolute atomic E-state index is 0.123. The molecule has 140 valence electrons. The lowest BCUT2D eigenvalue weighted by atomic mass is 10.3. The van der Waals surface area contributed by atoms with Gasteiger partial charge in [-0.1, -0.05) is 0 Å². The number of hydrogen-bond donors (Lipinski definition) is 0. The number of Topliss-reactive ketones (excluding diaryl/α,β-unsaturated/α-hetero) is 1. The first-order valence-electron chi connectivity index (χ1n) is 7.82. The maximum absolute atomic E-state index is 10.7. The van der Waals surface area contributed by atoms with Gasteiger partial charge in [-0.15, -0.1) is 0 Å². The Balaban J connectivity index is 3.00. The van der Waals surface area contributed by atoms with Crippen LogP contribution in [-0.2, 0) is 33.3 Å². The Kier molecular flexibility index (Phi) is 18.5. The molecule has 0 saturated carbocycles. The summed E-state index contributed by atoms with van der Waals surface area (Å²) >= 11 is 0. The van der Waals surface area contributed by atoms with Crippen LogP contribution in [0.25, 0.3) is 10.4 Å². The minimum Gasteiger partial charge on any atom is -0.431 e. The van der Waals surface area contributed by atoms with Crippen LogP contribution in [0.15, 0.2) is 5.28 Å². The van der Waals surface area contributed by atoms with Crippen molar-refractivity contribution in [1.82, 2.24) is 0 Å². The van der Waals surface area contributed by atoms with Gasteiger partial charge in [-0.2, -0.15) is 0 Å². The quantitative estimate of drug-likeness (QED) is 0.113. The first-order chi connectivity index (χ1) is 11.8. The molecular weight excluding hydrogens is 322 g/mol. The van der Waals surface area contributed by atoms with Crippen molar-refractivity contribution in [2.45, 2.75) is 13.3 Å². The topological polar surface area (TPSA) is 121 Å². The lowest BCUT2D eigenvalue weighted by Crippen LogP contribution is -2.14. The van der Waals surface area contributed by atoms with Crippen LogP contribution >= 0.6 is 0 Å². The van der Waals surface area contributed by atoms with Gasteiger partial charge in [0.2, 0.25) is 0 Å². The summed E-state index contributed by atoms with van der Waals surface area (Å²) in [6.07, 6.45) is 0.442. The minimum atomic E-state index is 0.123. The van der Waals surface area contributed by atoms with Gasteiger partial charge < -0.3 is 28.5 Å². The van der Waals surface area contributed by atoms with Crippen LogP contribution < -0.4 is 0 Å². The van der Waals surface area contributed by atoms with Gasteiger partial charge in [0, 0.05) is 11.3 Å². The standard InChI is InChI=1S/C14H27N3O7/c1-14(18)2-3-19-4-5-20-6-7-21-8-9-22-10-11-23-12-13-24-17-16-15/h2-13H2,1H3. The molecule has 0 atom stereocenters. The highest BCUT2D eigenvalue weighted by atomic mass is 16.7. The van der Waals surface area contributed by atoms with Gasteiger partial charge in [0.15, 0.2) is 0 Å². The number of rotatable bonds is 19. The van der Waals surface area contributed by atoms with Crippen LogP contribution in [0.2, 0.25) is 0 Å². The summed E-state index contributed by atoms with van der Waals surface area (Å²) in [4.78, 5) is 17.6. The van der Waals surface area contributed by atoms with Gasteiger partial charge >= 0.3 is 0 Å². The fourth-order valence-corrected chi connectivity index (χ4v) is 1.36. The monoisotopic (exact) mass is 349 g/mol. The van der Waals surface area contributed by atoms with Gasteiger partial charge in [-0.05, 0) is 12.5 Å². The molecule has 10 heteroatoms. The van der Waals surface area contributed by atoms with Crippen molar-refractivity contribution in [2.75, 3.05) is 72.7 Å². The summed E-state index contributed by atoms with van der Waals surface area (Å²) in [5.74, 6) is 0.123. The zero-order chi connectivity index (χ0) is 17.7. The van der Waals surface area contributed by atoms with E-state index in [4.69, 9.17) is 29.2 Å². The van der Waals surface area contributed by atoms with E-state index in [0.717, 1.165) is 0 Å². The van der Waals surface area contributed by atoms with Crippen molar-refractivity contribution >= 4 is 5.78 Å². The largest absolute Gasteiger partial charge is 0.431 e. The first kappa shape index (κ1) is 22.6. The van der Waals surface area contributed by atoms with Crippen LogP contribution in [-0.4, -0.2) is 78.5 Å². The second-order valence-electron chi connectivity index (χ2n) is 4.52. The maximum Gasteiger partial charge on any atom is 0.132 e. The fourth-order valence-electron chi connectivity index (χ4n) is 1.36. The number of ketones is 1. The van der Waals surface area contributed by atoms with Crippen LogP contribution in [0.3, 0.4) is 0 Å². The average molecular weight is 349 g/mol. The molecule has 24 heavy (non-hydrogen) atoms. The molecule has 0 aromatic heterocycles. The summed E-state index contributed by atoms with van der Waals surface area (Å²) in [6, 6.07) is 0. The van der Waals surface area contributed by atoms with Crippen LogP contribution in [0.4, 0.5) is 0 Å². The first-order valence-corrected chi connectivity index (χ1v) is 7.82. The highest BCUT2D eigenvalue weighted by Gasteiger charge is 1.95. The van der Waals surface area contributed by atoms with Crippen molar-refractivity contribution in [3.8, 4) is 0 Å². The Bertz CT molecular complexity index is 320. The second kappa shape index (κ2) is 19.6. The van der Waals surface area contributed by atoms with Crippen molar-refractivity contribution in [2.24, 2.45) is 5.28 Å². The predicted octanol–water partition coefficient (Wildman–Crippen LogP) is 1.29. The third-order valence-electron chi connectivity index (χ3n) is 2.50. The maximum atomic E-state index is 10.7. The fraction of sp³-hybridized carbons (Fsp3) is 0.929. The van der Waals surface area contributed by atoms with E-state index >= 15 is 0 Å². The van der Waals surface area contributed by atoms with Crippen LogP contribution in [0.1, 0.15) is 13.3 Å². The van der Waals surface area contributed by atoms with Crippen molar-refractivity contribution < 1.29 is 33.3 Å². The van der Waals surface area contributed by atoms with Crippen molar-refractivity contribution in [3.05, 3.63) is 10.4 Å². The highest BCUT2D eigenvalue weighted by Crippen LogP contribution is 1.86. The molecule has 0 heterocycles. The molecule has 0 fully saturated rings. The molecule has 0 bridgehead atoms. The number of carbonyl (C=O) groups is 1. The lowest BCUT2D eigenvalue weighted by Gasteiger charge is -2.07. The van der Waals surface area contributed by atoms with Crippen molar-refractivity contribution in [3.63, 3.8) is 0 Å². The number of azide groups is 1. The average Bonchev–Trinajstić information content (AvgIpc) is 2.56. The molecule has 0 N–H and O–H groups in total. The molecule has 0 aliphatic rings. The van der Waals surface area contributed by atoms with Crippen LogP contribution in [0.5, 0.6) is 0 Å². The number of ether oxygens (including phenoxy) is 5. The number of hydrogen-bond acceptors (Lipinski definition) is 8. The Morgan fingerprint density at radius 1 is 0.750 bits per heavy atom. The van der Waals surface area contributed by atoms with E-state index in [2.05, 4.69) is 15.0 Å². The molecular formula is C14H27N3O7. The Morgan fingerprint density at radius 3 is 1.50 bits per heavy atom. The molecule has 10 nitrogen and oxygen atoms in total. The van der Waals surface area contributed by atoms with E-state index < -0.39 is 0 Å². The van der Waals surface area contributed by atoms with Crippen LogP contribution in [0, 0.1) is 0 Å². The molecule has 0 aromatic rings. The molecule has 0 amide bonds. The predicted molar refractivity (Wildman–Crippen MR) is 84.5 cm³/mol. The summed E-state index contributed by atoms with van der Waals surface area (Å²) in [5.41, 5.74) is 7.95. The molecule has 0 aliphatic heterocycles. The molecule has 0 spiro atoms. The summed E-state index contributed by atoms with van der Waals surface area (Å²) in [6.45, 7) is 6.34. The van der Waals surface area contributed by atoms with E-state index in [9.17, 15) is 4.79 Å². The smallest absolute Gasteiger partial charge is 0.132 e. The second-order valence-corrected chi connectivity index (χ2v) is 4.52. The highest BCUT2D eigenvalue weighted by molar-refractivity contribution is 5.75. The molecule has 0 radical (unpaired) electrons. The molecule has 0 saturated heterocycles. The molecule has 0 aliphatic carbocycles. The summed E-state index contributed by atoms with van der Waals surface area (Å²) in [7, 11) is 0. The van der Waals surface area contributed by atoms with E-state index in [1.807, 2.05) is 0 Å². The third-order valence-corrected chi connectivity index (χ3v) is 2.50. The Labute approximate surface area is 141 Å². The molecule has 0 aromatic carbocycles. The zero-order valence-corrected chi connectivity index (χ0v) is 14.2. The van der Waals surface area contributed by atoms with Gasteiger partial charge in [0.05, 0.1) is 66.1 Å². The van der Waals surface area contributed by atoms with Gasteiger partial charge in [-0.25, -0.2) is 0 Å². The van der Waals surface area contributed by atoms with Gasteiger partial charge in [-0.3, -0.25) is 4.79 Å². The number of nitrogens with zero attached hydrogens (tertiary/aromatic N) is 3. The van der Waals surface area contributed by atoms with E-state index in [0.29, 0.717) is 72.5 Å². The van der Waals surface area contributed by atoms with Gasteiger partial charge in [0.1, 0.15) is 17.7 Å². The zero-order valence-electron chi connectivity index (χ0n) is 14.2. The Morgan fingerprint density at radius 2 is 1.12 bits per heavy atom. The summed E-state index contributed by atoms with van der Waals surface area (Å²) < 4.78 is 26.3. The lowest BCUT2D eigenvalue weighted by molar-refractivity contribution is -0.118. The normalized spacial score (nSPS) is 10.4. The molecule has 0 unspecified atom stereocenters. The Hall–Kier alpha value is -1.42. The third kappa shape index (κ3) is 20.6. The van der Waals surface area contributed by atoms with Crippen molar-refractivity contribution in [1.29, 1.82) is 0 Å². The molecule has 0 rings (SSSR count). The van der Waals surface area contributed by atoms with E-state index in [1.54, 1.807) is 0 Å². The SMILES string of the molecule is CC(=O)CCOCCOCCOCCOCCOCCON=[N+]=[N-].